The maximum Gasteiger partial charge on any atom is 0.269 e. The monoisotopic (exact) mass is 393 g/mol. The van der Waals surface area contributed by atoms with Crippen LogP contribution in [0.15, 0.2) is 64.6 Å². The molecule has 1 aromatic carbocycles. The number of carbonyl (C=O) groups excluding carboxylic acids is 1. The van der Waals surface area contributed by atoms with Crippen molar-refractivity contribution in [3.8, 4) is 6.07 Å². The summed E-state index contributed by atoms with van der Waals surface area (Å²) in [6, 6.07) is 11.8. The minimum atomic E-state index is -0.675. The van der Waals surface area contributed by atoms with Crippen molar-refractivity contribution >= 4 is 22.8 Å². The molecular formula is C20H15N3O4S. The first-order chi connectivity index (χ1) is 13.5. The summed E-state index contributed by atoms with van der Waals surface area (Å²) in [6.45, 7) is 0. The molecule has 2 atom stereocenters. The van der Waals surface area contributed by atoms with Crippen LogP contribution in [-0.2, 0) is 9.53 Å². The highest BCUT2D eigenvalue weighted by Crippen LogP contribution is 2.47. The molecule has 0 fully saturated rings. The van der Waals surface area contributed by atoms with Crippen LogP contribution in [0.1, 0.15) is 35.1 Å². The average molecular weight is 393 g/mol. The van der Waals surface area contributed by atoms with Crippen LogP contribution in [0, 0.1) is 21.4 Å². The van der Waals surface area contributed by atoms with E-state index in [0.717, 1.165) is 4.88 Å². The van der Waals surface area contributed by atoms with Gasteiger partial charge in [-0.1, -0.05) is 18.2 Å². The second kappa shape index (κ2) is 6.94. The van der Waals surface area contributed by atoms with Gasteiger partial charge in [0.05, 0.1) is 10.8 Å². The van der Waals surface area contributed by atoms with E-state index >= 15 is 0 Å². The summed E-state index contributed by atoms with van der Waals surface area (Å²) in [5.41, 5.74) is 7.11. The molecular weight excluding hydrogens is 378 g/mol. The van der Waals surface area contributed by atoms with E-state index in [1.54, 1.807) is 23.5 Å². The normalized spacial score (nSPS) is 21.8. The molecule has 0 amide bonds. The average Bonchev–Trinajstić information content (AvgIpc) is 3.21. The van der Waals surface area contributed by atoms with Crippen LogP contribution >= 0.6 is 11.3 Å². The Hall–Kier alpha value is -3.44. The van der Waals surface area contributed by atoms with Crippen LogP contribution in [0.25, 0.3) is 0 Å². The van der Waals surface area contributed by atoms with Crippen LogP contribution < -0.4 is 5.73 Å². The molecule has 0 saturated heterocycles. The number of hydrogen-bond donors (Lipinski definition) is 1. The van der Waals surface area contributed by atoms with Crippen LogP contribution in [0.4, 0.5) is 5.69 Å². The number of nitro groups is 1. The third kappa shape index (κ3) is 2.96. The zero-order chi connectivity index (χ0) is 19.8. The van der Waals surface area contributed by atoms with Gasteiger partial charge in [0.15, 0.2) is 5.78 Å². The number of ether oxygens (including phenoxy) is 1. The third-order valence-electron chi connectivity index (χ3n) is 5.04. The number of benzene rings is 1. The summed E-state index contributed by atoms with van der Waals surface area (Å²) in [5.74, 6) is -0.298. The number of allylic oxidation sites excluding steroid dienone is 3. The summed E-state index contributed by atoms with van der Waals surface area (Å²) >= 11 is 1.59. The predicted molar refractivity (Wildman–Crippen MR) is 102 cm³/mol. The van der Waals surface area contributed by atoms with Gasteiger partial charge in [-0.15, -0.1) is 11.3 Å². The van der Waals surface area contributed by atoms with Crippen molar-refractivity contribution in [1.29, 1.82) is 5.26 Å². The molecule has 1 aliphatic heterocycles. The highest BCUT2D eigenvalue weighted by molar-refractivity contribution is 7.10. The highest BCUT2D eigenvalue weighted by Gasteiger charge is 2.41. The molecule has 1 aliphatic carbocycles. The molecule has 140 valence electrons. The van der Waals surface area contributed by atoms with Gasteiger partial charge in [0.2, 0.25) is 5.88 Å². The SMILES string of the molecule is N#CC1=C(N)OC2=C(C(=O)C[C@@H](c3cccs3)C2)[C@H]1c1ccc([N+](=O)[O-])cc1. The Bertz CT molecular complexity index is 1060. The number of non-ortho nitro benzene ring substituents is 1. The largest absolute Gasteiger partial charge is 0.444 e. The van der Waals surface area contributed by atoms with Gasteiger partial charge in [-0.05, 0) is 17.0 Å². The first kappa shape index (κ1) is 17.9. The molecule has 7 nitrogen and oxygen atoms in total. The molecule has 28 heavy (non-hydrogen) atoms. The van der Waals surface area contributed by atoms with Gasteiger partial charge in [-0.2, -0.15) is 5.26 Å². The van der Waals surface area contributed by atoms with Crippen LogP contribution in [-0.4, -0.2) is 10.7 Å². The Morgan fingerprint density at radius 1 is 1.25 bits per heavy atom. The second-order valence-corrected chi connectivity index (χ2v) is 7.63. The summed E-state index contributed by atoms with van der Waals surface area (Å²) in [7, 11) is 0. The van der Waals surface area contributed by atoms with E-state index in [9.17, 15) is 20.2 Å². The fourth-order valence-corrected chi connectivity index (χ4v) is 4.58. The molecule has 2 N–H and O–H groups in total. The Labute approximate surface area is 164 Å². The van der Waals surface area contributed by atoms with Crippen molar-refractivity contribution < 1.29 is 14.5 Å². The van der Waals surface area contributed by atoms with Gasteiger partial charge in [0.25, 0.3) is 5.69 Å². The zero-order valence-electron chi connectivity index (χ0n) is 14.6. The Balaban J connectivity index is 1.78. The van der Waals surface area contributed by atoms with E-state index in [0.29, 0.717) is 29.7 Å². The Morgan fingerprint density at radius 2 is 2.00 bits per heavy atom. The molecule has 1 aromatic heterocycles. The number of hydrogen-bond acceptors (Lipinski definition) is 7. The lowest BCUT2D eigenvalue weighted by molar-refractivity contribution is -0.384. The standard InChI is InChI=1S/C20H15N3O4S/c21-10-14-18(11-3-5-13(6-4-11)23(25)26)19-15(24)8-12(17-2-1-7-28-17)9-16(19)27-20(14)22/h1-7,12,18H,8-9,22H2/t12-,18+/m1/s1. The fraction of sp³-hybridized carbons (Fsp3) is 0.200. The number of nitrogens with zero attached hydrogens (tertiary/aromatic N) is 2. The molecule has 0 radical (unpaired) electrons. The summed E-state index contributed by atoms with van der Waals surface area (Å²) < 4.78 is 5.70. The van der Waals surface area contributed by atoms with Gasteiger partial charge >= 0.3 is 0 Å². The van der Waals surface area contributed by atoms with E-state index in [1.165, 1.54) is 12.1 Å². The maximum atomic E-state index is 13.0. The van der Waals surface area contributed by atoms with Crippen molar-refractivity contribution in [1.82, 2.24) is 0 Å². The van der Waals surface area contributed by atoms with E-state index in [2.05, 4.69) is 0 Å². The number of thiophene rings is 1. The molecule has 2 aliphatic rings. The van der Waals surface area contributed by atoms with E-state index in [1.807, 2.05) is 23.6 Å². The van der Waals surface area contributed by atoms with Gasteiger partial charge in [-0.25, -0.2) is 0 Å². The van der Waals surface area contributed by atoms with E-state index in [-0.39, 0.29) is 28.8 Å². The van der Waals surface area contributed by atoms with E-state index < -0.39 is 10.8 Å². The molecule has 2 aromatic rings. The second-order valence-electron chi connectivity index (χ2n) is 6.65. The van der Waals surface area contributed by atoms with Crippen molar-refractivity contribution in [3.05, 3.63) is 85.1 Å². The van der Waals surface area contributed by atoms with Crippen molar-refractivity contribution in [2.24, 2.45) is 5.73 Å². The summed E-state index contributed by atoms with van der Waals surface area (Å²) in [4.78, 5) is 24.6. The lowest BCUT2D eigenvalue weighted by Crippen LogP contribution is -2.29. The highest BCUT2D eigenvalue weighted by atomic mass is 32.1. The van der Waals surface area contributed by atoms with Crippen LogP contribution in [0.2, 0.25) is 0 Å². The molecule has 4 rings (SSSR count). The maximum absolute atomic E-state index is 13.0. The number of Topliss-reactive ketones (excluding diaryl/α,β-unsaturated/α-hetero) is 1. The lowest BCUT2D eigenvalue weighted by atomic mass is 9.75. The molecule has 0 spiro atoms. The molecule has 0 unspecified atom stereocenters. The summed E-state index contributed by atoms with van der Waals surface area (Å²) in [6.07, 6.45) is 0.843. The molecule has 2 heterocycles. The van der Waals surface area contributed by atoms with Crippen LogP contribution in [0.5, 0.6) is 0 Å². The van der Waals surface area contributed by atoms with Crippen molar-refractivity contribution in [3.63, 3.8) is 0 Å². The van der Waals surface area contributed by atoms with Crippen molar-refractivity contribution in [2.75, 3.05) is 0 Å². The quantitative estimate of drug-likeness (QED) is 0.624. The lowest BCUT2D eigenvalue weighted by Gasteiger charge is -2.33. The van der Waals surface area contributed by atoms with Gasteiger partial charge in [0.1, 0.15) is 17.4 Å². The first-order valence-electron chi connectivity index (χ1n) is 8.61. The molecule has 0 bridgehead atoms. The molecule has 8 heteroatoms. The van der Waals surface area contributed by atoms with Gasteiger partial charge in [0, 0.05) is 41.3 Å². The number of nitriles is 1. The van der Waals surface area contributed by atoms with Crippen LogP contribution in [0.3, 0.4) is 0 Å². The zero-order valence-corrected chi connectivity index (χ0v) is 15.4. The Morgan fingerprint density at radius 3 is 2.61 bits per heavy atom. The minimum absolute atomic E-state index is 0.0141. The summed E-state index contributed by atoms with van der Waals surface area (Å²) in [5, 5.41) is 22.5. The number of rotatable bonds is 3. The minimum Gasteiger partial charge on any atom is -0.444 e. The van der Waals surface area contributed by atoms with Gasteiger partial charge in [-0.3, -0.25) is 14.9 Å². The number of carbonyl (C=O) groups is 1. The van der Waals surface area contributed by atoms with Crippen molar-refractivity contribution in [2.45, 2.75) is 24.7 Å². The predicted octanol–water partition coefficient (Wildman–Crippen LogP) is 3.86. The first-order valence-corrected chi connectivity index (χ1v) is 9.49. The third-order valence-corrected chi connectivity index (χ3v) is 6.08. The smallest absolute Gasteiger partial charge is 0.269 e. The fourth-order valence-electron chi connectivity index (χ4n) is 3.75. The Kier molecular flexibility index (Phi) is 4.45. The number of ketones is 1. The number of nitro benzene ring substituents is 1. The molecule has 0 saturated carbocycles. The topological polar surface area (TPSA) is 119 Å². The van der Waals surface area contributed by atoms with E-state index in [4.69, 9.17) is 10.5 Å². The van der Waals surface area contributed by atoms with Gasteiger partial charge < -0.3 is 10.5 Å². The number of nitrogens with two attached hydrogens (primary N) is 1.